The van der Waals surface area contributed by atoms with Gasteiger partial charge in [-0.1, -0.05) is 44.5 Å². The molecule has 2 heterocycles. The Morgan fingerprint density at radius 2 is 1.77 bits per heavy atom. The highest BCUT2D eigenvalue weighted by Gasteiger charge is 2.25. The zero-order valence-electron chi connectivity index (χ0n) is 19.5. The monoisotopic (exact) mass is 408 g/mol. The zero-order valence-corrected chi connectivity index (χ0v) is 19.5. The van der Waals surface area contributed by atoms with E-state index in [4.69, 9.17) is 9.97 Å². The lowest BCUT2D eigenvalue weighted by Gasteiger charge is -2.36. The van der Waals surface area contributed by atoms with E-state index in [2.05, 4.69) is 57.7 Å². The molecule has 3 rings (SSSR count). The van der Waals surface area contributed by atoms with Crippen molar-refractivity contribution in [3.8, 4) is 0 Å². The highest BCUT2D eigenvalue weighted by atomic mass is 16.2. The molecule has 0 radical (unpaired) electrons. The van der Waals surface area contributed by atoms with Crippen LogP contribution in [0.2, 0.25) is 0 Å². The fourth-order valence-electron chi connectivity index (χ4n) is 4.05. The van der Waals surface area contributed by atoms with Crippen LogP contribution in [0.1, 0.15) is 73.3 Å². The van der Waals surface area contributed by atoms with Crippen LogP contribution in [0.15, 0.2) is 18.2 Å². The van der Waals surface area contributed by atoms with Gasteiger partial charge in [-0.3, -0.25) is 4.79 Å². The number of nitrogens with zero attached hydrogens (tertiary/aromatic N) is 4. The van der Waals surface area contributed by atoms with Gasteiger partial charge >= 0.3 is 0 Å². The molecule has 1 aromatic carbocycles. The van der Waals surface area contributed by atoms with Crippen LogP contribution in [0.5, 0.6) is 0 Å². The van der Waals surface area contributed by atoms with Gasteiger partial charge in [0, 0.05) is 56.2 Å². The SMILES string of the molecule is CCC(=O)N1CCN(c2nc(C(C)CC)nc(C)c2Cc2cc(C)ccc2C)CC1. The second kappa shape index (κ2) is 9.59. The summed E-state index contributed by atoms with van der Waals surface area (Å²) in [6.45, 7) is 15.9. The second-order valence-electron chi connectivity index (χ2n) is 8.61. The van der Waals surface area contributed by atoms with Gasteiger partial charge in [-0.15, -0.1) is 0 Å². The van der Waals surface area contributed by atoms with E-state index in [9.17, 15) is 4.79 Å². The minimum Gasteiger partial charge on any atom is -0.353 e. The Hall–Kier alpha value is -2.43. The van der Waals surface area contributed by atoms with Gasteiger partial charge in [-0.25, -0.2) is 9.97 Å². The van der Waals surface area contributed by atoms with Gasteiger partial charge in [0.25, 0.3) is 0 Å². The Labute approximate surface area is 181 Å². The number of aryl methyl sites for hydroxylation is 3. The molecular weight excluding hydrogens is 372 g/mol. The predicted octanol–water partition coefficient (Wildman–Crippen LogP) is 4.56. The average molecular weight is 409 g/mol. The van der Waals surface area contributed by atoms with Crippen molar-refractivity contribution in [2.24, 2.45) is 0 Å². The fourth-order valence-corrected chi connectivity index (χ4v) is 4.05. The third-order valence-corrected chi connectivity index (χ3v) is 6.37. The number of carbonyl (C=O) groups excluding carboxylic acids is 1. The summed E-state index contributed by atoms with van der Waals surface area (Å²) in [5.74, 6) is 2.56. The van der Waals surface area contributed by atoms with Crippen molar-refractivity contribution < 1.29 is 4.79 Å². The van der Waals surface area contributed by atoms with E-state index in [1.54, 1.807) is 0 Å². The first-order valence-electron chi connectivity index (χ1n) is 11.3. The summed E-state index contributed by atoms with van der Waals surface area (Å²) in [7, 11) is 0. The molecule has 0 spiro atoms. The number of aromatic nitrogens is 2. The molecule has 1 saturated heterocycles. The molecule has 5 nitrogen and oxygen atoms in total. The van der Waals surface area contributed by atoms with Gasteiger partial charge in [-0.2, -0.15) is 0 Å². The number of rotatable bonds is 6. The first-order chi connectivity index (χ1) is 14.3. The maximum atomic E-state index is 12.1. The molecule has 1 aromatic heterocycles. The van der Waals surface area contributed by atoms with E-state index in [0.717, 1.165) is 56.4 Å². The third-order valence-electron chi connectivity index (χ3n) is 6.37. The van der Waals surface area contributed by atoms with Crippen LogP contribution in [-0.2, 0) is 11.2 Å². The normalized spacial score (nSPS) is 15.4. The maximum absolute atomic E-state index is 12.1. The first kappa shape index (κ1) is 22.3. The van der Waals surface area contributed by atoms with Gasteiger partial charge in [0.05, 0.1) is 0 Å². The summed E-state index contributed by atoms with van der Waals surface area (Å²) in [5, 5.41) is 0. The molecule has 1 unspecified atom stereocenters. The molecule has 1 amide bonds. The number of hydrogen-bond donors (Lipinski definition) is 0. The van der Waals surface area contributed by atoms with Gasteiger partial charge < -0.3 is 9.80 Å². The molecule has 0 aliphatic carbocycles. The van der Waals surface area contributed by atoms with Crippen LogP contribution in [0.25, 0.3) is 0 Å². The van der Waals surface area contributed by atoms with Crippen molar-refractivity contribution in [1.82, 2.24) is 14.9 Å². The summed E-state index contributed by atoms with van der Waals surface area (Å²) in [4.78, 5) is 26.4. The van der Waals surface area contributed by atoms with Crippen LogP contribution in [-0.4, -0.2) is 47.0 Å². The lowest BCUT2D eigenvalue weighted by Crippen LogP contribution is -2.49. The number of hydrogen-bond acceptors (Lipinski definition) is 4. The molecule has 0 saturated carbocycles. The number of amides is 1. The van der Waals surface area contributed by atoms with Crippen molar-refractivity contribution in [2.75, 3.05) is 31.1 Å². The molecule has 0 N–H and O–H groups in total. The van der Waals surface area contributed by atoms with E-state index in [-0.39, 0.29) is 5.91 Å². The van der Waals surface area contributed by atoms with Crippen molar-refractivity contribution in [2.45, 2.75) is 66.7 Å². The Morgan fingerprint density at radius 1 is 1.07 bits per heavy atom. The van der Waals surface area contributed by atoms with Crippen LogP contribution >= 0.6 is 0 Å². The van der Waals surface area contributed by atoms with Crippen LogP contribution in [0.4, 0.5) is 5.82 Å². The average Bonchev–Trinajstić information content (AvgIpc) is 2.76. The second-order valence-corrected chi connectivity index (χ2v) is 8.61. The Morgan fingerprint density at radius 3 is 2.40 bits per heavy atom. The molecule has 5 heteroatoms. The first-order valence-corrected chi connectivity index (χ1v) is 11.3. The largest absolute Gasteiger partial charge is 0.353 e. The molecule has 1 aliphatic heterocycles. The van der Waals surface area contributed by atoms with Crippen molar-refractivity contribution in [1.29, 1.82) is 0 Å². The third kappa shape index (κ3) is 4.82. The lowest BCUT2D eigenvalue weighted by molar-refractivity contribution is -0.131. The Balaban J connectivity index is 1.97. The standard InChI is InChI=1S/C25H36N4O/c1-7-18(4)24-26-20(6)22(16-21-15-17(3)9-10-19(21)5)25(27-24)29-13-11-28(12-14-29)23(30)8-2/h9-10,15,18H,7-8,11-14,16H2,1-6H3. The lowest BCUT2D eigenvalue weighted by atomic mass is 9.97. The highest BCUT2D eigenvalue weighted by molar-refractivity contribution is 5.76. The summed E-state index contributed by atoms with van der Waals surface area (Å²) in [6, 6.07) is 6.64. The van der Waals surface area contributed by atoms with Crippen molar-refractivity contribution in [3.05, 3.63) is 52.0 Å². The van der Waals surface area contributed by atoms with Gasteiger partial charge in [-0.05, 0) is 38.3 Å². The minimum absolute atomic E-state index is 0.240. The summed E-state index contributed by atoms with van der Waals surface area (Å²) in [5.41, 5.74) is 6.20. The quantitative estimate of drug-likeness (QED) is 0.703. The van der Waals surface area contributed by atoms with Crippen LogP contribution in [0.3, 0.4) is 0 Å². The Bertz CT molecular complexity index is 900. The van der Waals surface area contributed by atoms with E-state index >= 15 is 0 Å². The Kier molecular flexibility index (Phi) is 7.11. The number of piperazine rings is 1. The maximum Gasteiger partial charge on any atom is 0.222 e. The summed E-state index contributed by atoms with van der Waals surface area (Å²) < 4.78 is 0. The fraction of sp³-hybridized carbons (Fsp3) is 0.560. The predicted molar refractivity (Wildman–Crippen MR) is 123 cm³/mol. The molecule has 2 aromatic rings. The van der Waals surface area contributed by atoms with Gasteiger partial charge in [0.2, 0.25) is 5.91 Å². The van der Waals surface area contributed by atoms with Crippen molar-refractivity contribution in [3.63, 3.8) is 0 Å². The zero-order chi connectivity index (χ0) is 21.8. The summed E-state index contributed by atoms with van der Waals surface area (Å²) >= 11 is 0. The van der Waals surface area contributed by atoms with Crippen LogP contribution < -0.4 is 4.90 Å². The topological polar surface area (TPSA) is 49.3 Å². The molecule has 0 bridgehead atoms. The minimum atomic E-state index is 0.240. The molecule has 1 fully saturated rings. The van der Waals surface area contributed by atoms with E-state index < -0.39 is 0 Å². The van der Waals surface area contributed by atoms with Gasteiger partial charge in [0.15, 0.2) is 0 Å². The van der Waals surface area contributed by atoms with Crippen molar-refractivity contribution >= 4 is 11.7 Å². The van der Waals surface area contributed by atoms with E-state index in [1.165, 1.54) is 22.3 Å². The van der Waals surface area contributed by atoms with Gasteiger partial charge in [0.1, 0.15) is 11.6 Å². The number of carbonyl (C=O) groups is 1. The molecule has 30 heavy (non-hydrogen) atoms. The summed E-state index contributed by atoms with van der Waals surface area (Å²) in [6.07, 6.45) is 2.43. The molecule has 1 atom stereocenters. The van der Waals surface area contributed by atoms with E-state index in [0.29, 0.717) is 12.3 Å². The van der Waals surface area contributed by atoms with E-state index in [1.807, 2.05) is 11.8 Å². The molecular formula is C25H36N4O. The smallest absolute Gasteiger partial charge is 0.222 e. The molecule has 1 aliphatic rings. The van der Waals surface area contributed by atoms with Crippen LogP contribution in [0, 0.1) is 20.8 Å². The molecule has 162 valence electrons. The number of benzene rings is 1. The number of anilines is 1. The highest BCUT2D eigenvalue weighted by Crippen LogP contribution is 2.29.